The summed E-state index contributed by atoms with van der Waals surface area (Å²) >= 11 is 0. The van der Waals surface area contributed by atoms with E-state index in [4.69, 9.17) is 5.11 Å². The zero-order valence-corrected chi connectivity index (χ0v) is 14.1. The number of carbonyl (C=O) groups is 2. The fraction of sp³-hybridized carbons (Fsp3) is 0.867. The van der Waals surface area contributed by atoms with Crippen molar-refractivity contribution >= 4 is 12.0 Å². The summed E-state index contributed by atoms with van der Waals surface area (Å²) in [5.74, 6) is -0.784. The normalized spacial score (nSPS) is 13.0. The number of aliphatic carboxylic acids is 1. The molecule has 0 unspecified atom stereocenters. The Morgan fingerprint density at radius 2 is 1.57 bits per heavy atom. The van der Waals surface area contributed by atoms with E-state index in [1.807, 2.05) is 13.8 Å². The zero-order valence-electron chi connectivity index (χ0n) is 14.1. The molecule has 0 saturated carbocycles. The van der Waals surface area contributed by atoms with Crippen molar-refractivity contribution in [2.45, 2.75) is 66.1 Å². The van der Waals surface area contributed by atoms with Crippen molar-refractivity contribution in [3.8, 4) is 0 Å². The van der Waals surface area contributed by atoms with Crippen LogP contribution in [0.25, 0.3) is 0 Å². The minimum atomic E-state index is -0.996. The van der Waals surface area contributed by atoms with E-state index < -0.39 is 18.0 Å². The van der Waals surface area contributed by atoms with Gasteiger partial charge < -0.3 is 15.7 Å². The lowest BCUT2D eigenvalue weighted by Crippen LogP contribution is -2.49. The van der Waals surface area contributed by atoms with E-state index in [0.29, 0.717) is 25.0 Å². The number of nitrogens with zero attached hydrogens (tertiary/aromatic N) is 1. The third-order valence-corrected chi connectivity index (χ3v) is 3.29. The Morgan fingerprint density at radius 3 is 1.95 bits per heavy atom. The number of carboxylic acid groups (broad SMARTS) is 1. The molecule has 0 radical (unpaired) electrons. The summed E-state index contributed by atoms with van der Waals surface area (Å²) in [5, 5.41) is 14.3. The zero-order chi connectivity index (χ0) is 16.6. The van der Waals surface area contributed by atoms with E-state index in [-0.39, 0.29) is 5.92 Å². The number of urea groups is 1. The quantitative estimate of drug-likeness (QED) is 0.607. The van der Waals surface area contributed by atoms with Crippen molar-refractivity contribution in [2.75, 3.05) is 13.1 Å². The van der Waals surface area contributed by atoms with Crippen LogP contribution >= 0.6 is 0 Å². The Labute approximate surface area is 128 Å². The maximum absolute atomic E-state index is 11.8. The second-order valence-electron chi connectivity index (χ2n) is 6.35. The van der Waals surface area contributed by atoms with Crippen LogP contribution in [0.2, 0.25) is 0 Å². The van der Waals surface area contributed by atoms with E-state index in [1.165, 1.54) is 0 Å². The third kappa shape index (κ3) is 8.55. The highest BCUT2D eigenvalue weighted by Crippen LogP contribution is 2.05. The van der Waals surface area contributed by atoms with Gasteiger partial charge in [0.05, 0.1) is 0 Å². The topological polar surface area (TPSA) is 81.7 Å². The average molecular weight is 301 g/mol. The van der Waals surface area contributed by atoms with Crippen LogP contribution in [0.15, 0.2) is 0 Å². The number of rotatable bonds is 9. The lowest BCUT2D eigenvalue weighted by molar-refractivity contribution is -0.139. The van der Waals surface area contributed by atoms with Gasteiger partial charge in [0.1, 0.15) is 6.04 Å². The SMILES string of the molecule is CC(C)C[C@@H](NC(=O)NCCN(C(C)C)C(C)C)C(=O)O. The summed E-state index contributed by atoms with van der Waals surface area (Å²) < 4.78 is 0. The van der Waals surface area contributed by atoms with Gasteiger partial charge in [0.25, 0.3) is 0 Å². The highest BCUT2D eigenvalue weighted by Gasteiger charge is 2.21. The number of nitrogens with one attached hydrogen (secondary N) is 2. The van der Waals surface area contributed by atoms with Gasteiger partial charge in [-0.25, -0.2) is 9.59 Å². The molecular weight excluding hydrogens is 270 g/mol. The van der Waals surface area contributed by atoms with E-state index in [1.54, 1.807) is 0 Å². The Kier molecular flexibility index (Phi) is 9.01. The molecule has 2 amide bonds. The van der Waals surface area contributed by atoms with E-state index in [9.17, 15) is 9.59 Å². The first-order valence-corrected chi connectivity index (χ1v) is 7.68. The molecule has 0 fully saturated rings. The molecule has 6 heteroatoms. The fourth-order valence-corrected chi connectivity index (χ4v) is 2.31. The van der Waals surface area contributed by atoms with Crippen molar-refractivity contribution in [1.82, 2.24) is 15.5 Å². The fourth-order valence-electron chi connectivity index (χ4n) is 2.31. The van der Waals surface area contributed by atoms with Gasteiger partial charge in [-0.05, 0) is 40.0 Å². The number of amides is 2. The van der Waals surface area contributed by atoms with Crippen LogP contribution in [0.1, 0.15) is 48.0 Å². The molecule has 0 aromatic carbocycles. The number of hydrogen-bond acceptors (Lipinski definition) is 3. The highest BCUT2D eigenvalue weighted by atomic mass is 16.4. The van der Waals surface area contributed by atoms with Gasteiger partial charge >= 0.3 is 12.0 Å². The Balaban J connectivity index is 4.22. The van der Waals surface area contributed by atoms with Gasteiger partial charge in [0.15, 0.2) is 0 Å². The summed E-state index contributed by atoms with van der Waals surface area (Å²) in [4.78, 5) is 25.1. The second kappa shape index (κ2) is 9.60. The molecule has 0 aliphatic heterocycles. The van der Waals surface area contributed by atoms with E-state index >= 15 is 0 Å². The minimum absolute atomic E-state index is 0.212. The summed E-state index contributed by atoms with van der Waals surface area (Å²) in [6.07, 6.45) is 0.423. The largest absolute Gasteiger partial charge is 0.480 e. The van der Waals surface area contributed by atoms with Crippen LogP contribution in [0.4, 0.5) is 4.79 Å². The van der Waals surface area contributed by atoms with Gasteiger partial charge in [-0.2, -0.15) is 0 Å². The van der Waals surface area contributed by atoms with Crippen LogP contribution in [0.5, 0.6) is 0 Å². The first kappa shape index (κ1) is 19.7. The monoisotopic (exact) mass is 301 g/mol. The van der Waals surface area contributed by atoms with Crippen molar-refractivity contribution < 1.29 is 14.7 Å². The van der Waals surface area contributed by atoms with Crippen LogP contribution in [0.3, 0.4) is 0 Å². The molecule has 0 aliphatic rings. The third-order valence-electron chi connectivity index (χ3n) is 3.29. The summed E-state index contributed by atoms with van der Waals surface area (Å²) in [5.41, 5.74) is 0. The number of hydrogen-bond donors (Lipinski definition) is 3. The summed E-state index contributed by atoms with van der Waals surface area (Å²) in [6, 6.07) is -0.447. The molecule has 3 N–H and O–H groups in total. The maximum Gasteiger partial charge on any atom is 0.326 e. The first-order valence-electron chi connectivity index (χ1n) is 7.68. The number of carbonyl (C=O) groups excluding carboxylic acids is 1. The molecule has 0 aromatic rings. The second-order valence-corrected chi connectivity index (χ2v) is 6.35. The molecule has 0 saturated heterocycles. The molecule has 124 valence electrons. The smallest absolute Gasteiger partial charge is 0.326 e. The summed E-state index contributed by atoms with van der Waals surface area (Å²) in [6.45, 7) is 13.6. The van der Waals surface area contributed by atoms with Gasteiger partial charge in [-0.1, -0.05) is 13.8 Å². The van der Waals surface area contributed by atoms with Crippen molar-refractivity contribution in [3.63, 3.8) is 0 Å². The molecule has 0 spiro atoms. The molecule has 0 aromatic heterocycles. The average Bonchev–Trinajstić information content (AvgIpc) is 2.32. The maximum atomic E-state index is 11.8. The van der Waals surface area contributed by atoms with Crippen LogP contribution in [-0.4, -0.2) is 53.2 Å². The Hall–Kier alpha value is -1.30. The van der Waals surface area contributed by atoms with Gasteiger partial charge in [-0.3, -0.25) is 4.90 Å². The van der Waals surface area contributed by atoms with Crippen LogP contribution < -0.4 is 10.6 Å². The summed E-state index contributed by atoms with van der Waals surface area (Å²) in [7, 11) is 0. The molecular formula is C15H31N3O3. The number of carboxylic acids is 1. The van der Waals surface area contributed by atoms with Crippen molar-refractivity contribution in [1.29, 1.82) is 0 Å². The molecule has 0 aliphatic carbocycles. The minimum Gasteiger partial charge on any atom is -0.480 e. The molecule has 0 rings (SSSR count). The van der Waals surface area contributed by atoms with Crippen LogP contribution in [-0.2, 0) is 4.79 Å². The van der Waals surface area contributed by atoms with Gasteiger partial charge in [0.2, 0.25) is 0 Å². The van der Waals surface area contributed by atoms with E-state index in [2.05, 4.69) is 43.2 Å². The van der Waals surface area contributed by atoms with Gasteiger partial charge in [-0.15, -0.1) is 0 Å². The van der Waals surface area contributed by atoms with Gasteiger partial charge in [0, 0.05) is 25.2 Å². The molecule has 21 heavy (non-hydrogen) atoms. The predicted molar refractivity (Wildman–Crippen MR) is 84.4 cm³/mol. The predicted octanol–water partition coefficient (Wildman–Crippen LogP) is 1.90. The van der Waals surface area contributed by atoms with Crippen molar-refractivity contribution in [2.24, 2.45) is 5.92 Å². The standard InChI is InChI=1S/C15H31N3O3/c1-10(2)9-13(14(19)20)17-15(21)16-7-8-18(11(3)4)12(5)6/h10-13H,7-9H2,1-6H3,(H,19,20)(H2,16,17,21)/t13-/m1/s1. The lowest BCUT2D eigenvalue weighted by atomic mass is 10.0. The molecule has 6 nitrogen and oxygen atoms in total. The van der Waals surface area contributed by atoms with E-state index in [0.717, 1.165) is 6.54 Å². The molecule has 0 heterocycles. The Morgan fingerprint density at radius 1 is 1.05 bits per heavy atom. The first-order chi connectivity index (χ1) is 9.65. The lowest BCUT2D eigenvalue weighted by Gasteiger charge is -2.30. The molecule has 0 bridgehead atoms. The Bertz CT molecular complexity index is 322. The molecule has 1 atom stereocenters. The van der Waals surface area contributed by atoms with Crippen molar-refractivity contribution in [3.05, 3.63) is 0 Å². The highest BCUT2D eigenvalue weighted by molar-refractivity contribution is 5.82. The van der Waals surface area contributed by atoms with Crippen LogP contribution in [0, 0.1) is 5.92 Å².